The zero-order chi connectivity index (χ0) is 24.8. The van der Waals surface area contributed by atoms with Crippen LogP contribution in [0.5, 0.6) is 0 Å². The maximum Gasteiger partial charge on any atom is 0.253 e. The van der Waals surface area contributed by atoms with Crippen molar-refractivity contribution in [1.82, 2.24) is 20.0 Å². The van der Waals surface area contributed by atoms with E-state index in [-0.39, 0.29) is 17.9 Å². The zero-order valence-electron chi connectivity index (χ0n) is 20.6. The highest BCUT2D eigenvalue weighted by atomic mass is 32.2. The number of piperazine rings is 1. The minimum Gasteiger partial charge on any atom is -0.336 e. The van der Waals surface area contributed by atoms with E-state index in [0.717, 1.165) is 21.8 Å². The Morgan fingerprint density at radius 3 is 2.49 bits per heavy atom. The summed E-state index contributed by atoms with van der Waals surface area (Å²) < 4.78 is 0. The molecule has 0 spiro atoms. The van der Waals surface area contributed by atoms with Crippen LogP contribution in [0.1, 0.15) is 43.1 Å². The SMILES string of the molecule is CC(C)CC(=O)N1CCN(C(=O)c2cccc(CSc3ccc(-c4ccccc4)nn3)c2)CC1C. The van der Waals surface area contributed by atoms with E-state index in [1.54, 1.807) is 11.8 Å². The van der Waals surface area contributed by atoms with Gasteiger partial charge in [0.15, 0.2) is 0 Å². The third kappa shape index (κ3) is 6.48. The second-order valence-electron chi connectivity index (χ2n) is 9.40. The Labute approximate surface area is 211 Å². The molecule has 0 radical (unpaired) electrons. The average molecular weight is 489 g/mol. The van der Waals surface area contributed by atoms with Crippen molar-refractivity contribution in [2.24, 2.45) is 5.92 Å². The summed E-state index contributed by atoms with van der Waals surface area (Å²) in [6, 6.07) is 21.8. The van der Waals surface area contributed by atoms with Gasteiger partial charge in [-0.1, -0.05) is 68.1 Å². The second kappa shape index (κ2) is 11.5. The number of rotatable bonds is 7. The Bertz CT molecular complexity index is 1150. The lowest BCUT2D eigenvalue weighted by molar-refractivity contribution is -0.136. The fourth-order valence-corrected chi connectivity index (χ4v) is 5.03. The van der Waals surface area contributed by atoms with Crippen LogP contribution in [0.25, 0.3) is 11.3 Å². The molecule has 0 saturated carbocycles. The molecule has 2 heterocycles. The van der Waals surface area contributed by atoms with E-state index >= 15 is 0 Å². The van der Waals surface area contributed by atoms with Gasteiger partial charge in [-0.15, -0.1) is 10.2 Å². The van der Waals surface area contributed by atoms with Crippen molar-refractivity contribution in [3.63, 3.8) is 0 Å². The van der Waals surface area contributed by atoms with Crippen molar-refractivity contribution in [2.45, 2.75) is 44.0 Å². The third-order valence-electron chi connectivity index (χ3n) is 6.09. The van der Waals surface area contributed by atoms with Crippen LogP contribution in [0.2, 0.25) is 0 Å². The van der Waals surface area contributed by atoms with Gasteiger partial charge in [0, 0.05) is 49.0 Å². The van der Waals surface area contributed by atoms with E-state index in [1.165, 1.54) is 0 Å². The van der Waals surface area contributed by atoms with Gasteiger partial charge in [0.25, 0.3) is 5.91 Å². The number of benzene rings is 2. The number of carbonyl (C=O) groups excluding carboxylic acids is 2. The first-order chi connectivity index (χ1) is 16.9. The number of carbonyl (C=O) groups is 2. The average Bonchev–Trinajstić information content (AvgIpc) is 2.87. The summed E-state index contributed by atoms with van der Waals surface area (Å²) in [7, 11) is 0. The van der Waals surface area contributed by atoms with Gasteiger partial charge in [-0.2, -0.15) is 0 Å². The Balaban J connectivity index is 1.34. The Morgan fingerprint density at radius 1 is 1.00 bits per heavy atom. The number of thioether (sulfide) groups is 1. The van der Waals surface area contributed by atoms with Crippen molar-refractivity contribution in [3.05, 3.63) is 77.9 Å². The molecule has 3 aromatic rings. The molecule has 1 aliphatic rings. The van der Waals surface area contributed by atoms with Crippen LogP contribution < -0.4 is 0 Å². The summed E-state index contributed by atoms with van der Waals surface area (Å²) >= 11 is 1.60. The van der Waals surface area contributed by atoms with Crippen LogP contribution in [-0.2, 0) is 10.5 Å². The molecular formula is C28H32N4O2S. The predicted molar refractivity (Wildman–Crippen MR) is 140 cm³/mol. The highest BCUT2D eigenvalue weighted by Crippen LogP contribution is 2.24. The molecule has 1 unspecified atom stereocenters. The lowest BCUT2D eigenvalue weighted by Crippen LogP contribution is -2.55. The molecule has 4 rings (SSSR count). The number of hydrogen-bond donors (Lipinski definition) is 0. The molecule has 6 nitrogen and oxygen atoms in total. The molecule has 1 aliphatic heterocycles. The smallest absolute Gasteiger partial charge is 0.253 e. The maximum absolute atomic E-state index is 13.2. The lowest BCUT2D eigenvalue weighted by Gasteiger charge is -2.40. The molecule has 2 amide bonds. The summed E-state index contributed by atoms with van der Waals surface area (Å²) in [6.07, 6.45) is 0.553. The van der Waals surface area contributed by atoms with Gasteiger partial charge in [-0.3, -0.25) is 9.59 Å². The molecule has 182 valence electrons. The summed E-state index contributed by atoms with van der Waals surface area (Å²) in [6.45, 7) is 7.85. The minimum absolute atomic E-state index is 0.0201. The number of amides is 2. The Morgan fingerprint density at radius 2 is 1.80 bits per heavy atom. The Kier molecular flexibility index (Phi) is 8.18. The molecule has 1 atom stereocenters. The van der Waals surface area contributed by atoms with Gasteiger partial charge < -0.3 is 9.80 Å². The van der Waals surface area contributed by atoms with E-state index in [4.69, 9.17) is 0 Å². The lowest BCUT2D eigenvalue weighted by atomic mass is 10.1. The predicted octanol–water partition coefficient (Wildman–Crippen LogP) is 5.15. The zero-order valence-corrected chi connectivity index (χ0v) is 21.4. The van der Waals surface area contributed by atoms with Crippen molar-refractivity contribution in [1.29, 1.82) is 0 Å². The molecule has 1 saturated heterocycles. The summed E-state index contributed by atoms with van der Waals surface area (Å²) in [5.74, 6) is 1.24. The van der Waals surface area contributed by atoms with Crippen LogP contribution in [0, 0.1) is 5.92 Å². The van der Waals surface area contributed by atoms with Crippen LogP contribution >= 0.6 is 11.8 Å². The monoisotopic (exact) mass is 488 g/mol. The van der Waals surface area contributed by atoms with Crippen molar-refractivity contribution >= 4 is 23.6 Å². The first kappa shape index (κ1) is 24.9. The molecular weight excluding hydrogens is 456 g/mol. The fourth-order valence-electron chi connectivity index (χ4n) is 4.27. The van der Waals surface area contributed by atoms with Crippen molar-refractivity contribution in [2.75, 3.05) is 19.6 Å². The molecule has 0 aliphatic carbocycles. The van der Waals surface area contributed by atoms with Crippen LogP contribution in [0.4, 0.5) is 0 Å². The van der Waals surface area contributed by atoms with Crippen LogP contribution in [0.15, 0.2) is 71.8 Å². The molecule has 1 fully saturated rings. The second-order valence-corrected chi connectivity index (χ2v) is 10.4. The molecule has 7 heteroatoms. The standard InChI is InChI=1S/C28H32N4O2S/c1-20(2)16-27(33)32-15-14-31(18-21(32)3)28(34)24-11-7-8-22(17-24)19-35-26-13-12-25(29-30-26)23-9-5-4-6-10-23/h4-13,17,20-21H,14-16,18-19H2,1-3H3. The van der Waals surface area contributed by atoms with Crippen LogP contribution in [-0.4, -0.2) is 57.5 Å². The highest BCUT2D eigenvalue weighted by Gasteiger charge is 2.30. The summed E-state index contributed by atoms with van der Waals surface area (Å²) in [5.41, 5.74) is 3.64. The van der Waals surface area contributed by atoms with Gasteiger partial charge in [-0.25, -0.2) is 0 Å². The van der Waals surface area contributed by atoms with E-state index in [2.05, 4.69) is 24.0 Å². The molecule has 35 heavy (non-hydrogen) atoms. The first-order valence-corrected chi connectivity index (χ1v) is 13.1. The van der Waals surface area contributed by atoms with Gasteiger partial charge in [0.05, 0.1) is 5.69 Å². The fraction of sp³-hybridized carbons (Fsp3) is 0.357. The van der Waals surface area contributed by atoms with Gasteiger partial charge in [0.1, 0.15) is 5.03 Å². The summed E-state index contributed by atoms with van der Waals surface area (Å²) in [4.78, 5) is 29.5. The van der Waals surface area contributed by atoms with E-state index in [9.17, 15) is 9.59 Å². The molecule has 0 bridgehead atoms. The molecule has 2 aromatic carbocycles. The van der Waals surface area contributed by atoms with Crippen LogP contribution in [0.3, 0.4) is 0 Å². The number of nitrogens with zero attached hydrogens (tertiary/aromatic N) is 4. The largest absolute Gasteiger partial charge is 0.336 e. The Hall–Kier alpha value is -3.19. The topological polar surface area (TPSA) is 66.4 Å². The number of aromatic nitrogens is 2. The van der Waals surface area contributed by atoms with E-state index < -0.39 is 0 Å². The van der Waals surface area contributed by atoms with Gasteiger partial charge >= 0.3 is 0 Å². The first-order valence-electron chi connectivity index (χ1n) is 12.1. The van der Waals surface area contributed by atoms with E-state index in [1.807, 2.05) is 83.5 Å². The molecule has 1 aromatic heterocycles. The number of hydrogen-bond acceptors (Lipinski definition) is 5. The quantitative estimate of drug-likeness (QED) is 0.430. The van der Waals surface area contributed by atoms with E-state index in [0.29, 0.717) is 43.3 Å². The van der Waals surface area contributed by atoms with Crippen molar-refractivity contribution in [3.8, 4) is 11.3 Å². The van der Waals surface area contributed by atoms with Gasteiger partial charge in [-0.05, 0) is 42.7 Å². The maximum atomic E-state index is 13.2. The minimum atomic E-state index is 0.0201. The normalized spacial score (nSPS) is 15.9. The highest BCUT2D eigenvalue weighted by molar-refractivity contribution is 7.98. The van der Waals surface area contributed by atoms with Gasteiger partial charge in [0.2, 0.25) is 5.91 Å². The third-order valence-corrected chi connectivity index (χ3v) is 7.08. The van der Waals surface area contributed by atoms with Crippen molar-refractivity contribution < 1.29 is 9.59 Å². The summed E-state index contributed by atoms with van der Waals surface area (Å²) in [5, 5.41) is 9.55. The molecule has 0 N–H and O–H groups in total.